The van der Waals surface area contributed by atoms with Crippen LogP contribution in [0.5, 0.6) is 0 Å². The minimum Gasteiger partial charge on any atom is -0.462 e. The molecule has 5 nitrogen and oxygen atoms in total. The van der Waals surface area contributed by atoms with Crippen molar-refractivity contribution in [3.8, 4) is 0 Å². The Kier molecular flexibility index (Phi) is 4.43. The fourth-order valence-electron chi connectivity index (χ4n) is 8.40. The normalized spacial score (nSPS) is 52.0. The molecule has 5 fully saturated rings. The second kappa shape index (κ2) is 6.42. The van der Waals surface area contributed by atoms with Gasteiger partial charge >= 0.3 is 5.97 Å². The molecule has 1 aliphatic heterocycles. The second-order valence-corrected chi connectivity index (χ2v) is 10.7. The van der Waals surface area contributed by atoms with E-state index in [4.69, 9.17) is 14.2 Å². The van der Waals surface area contributed by atoms with Gasteiger partial charge in [0.25, 0.3) is 0 Å². The van der Waals surface area contributed by atoms with Crippen LogP contribution >= 0.6 is 0 Å². The predicted octanol–water partition coefficient (Wildman–Crippen LogP) is 3.67. The van der Waals surface area contributed by atoms with Gasteiger partial charge in [0.1, 0.15) is 6.10 Å². The molecule has 0 aromatic rings. The van der Waals surface area contributed by atoms with Gasteiger partial charge in [-0.05, 0) is 68.1 Å². The fraction of sp³-hybridized carbons (Fsp3) is 0.957. The lowest BCUT2D eigenvalue weighted by atomic mass is 9.44. The van der Waals surface area contributed by atoms with Gasteiger partial charge in [-0.2, -0.15) is 0 Å². The third-order valence-corrected chi connectivity index (χ3v) is 9.75. The molecule has 1 N–H and O–H groups in total. The van der Waals surface area contributed by atoms with Gasteiger partial charge in [0.15, 0.2) is 5.79 Å². The van der Waals surface area contributed by atoms with E-state index in [-0.39, 0.29) is 29.0 Å². The van der Waals surface area contributed by atoms with Crippen LogP contribution < -0.4 is 0 Å². The lowest BCUT2D eigenvalue weighted by Gasteiger charge is -2.62. The standard InChI is InChI=1S/C23H36O5/c1-14(24)28-19-13-15-12-16(25)4-7-21(15,2)17-5-8-22(3)18(20(17)19)6-9-23(22)26-10-11-27-23/h15-20,25H,4-13H2,1-3H3/t15?,16-,17?,18?,19-,20?,21-,22-/m0/s1. The van der Waals surface area contributed by atoms with Gasteiger partial charge in [-0.25, -0.2) is 0 Å². The van der Waals surface area contributed by atoms with Crippen LogP contribution in [0.4, 0.5) is 0 Å². The van der Waals surface area contributed by atoms with Crippen molar-refractivity contribution in [1.29, 1.82) is 0 Å². The molecule has 28 heavy (non-hydrogen) atoms. The average molecular weight is 393 g/mol. The van der Waals surface area contributed by atoms with E-state index in [1.807, 2.05) is 0 Å². The first-order valence-electron chi connectivity index (χ1n) is 11.4. The SMILES string of the molecule is CC(=O)O[C@H]1CC2C[C@@H](O)CC[C@]2(C)C2CC[C@@]3(C)C(CCC34OCCO4)C21. The predicted molar refractivity (Wildman–Crippen MR) is 103 cm³/mol. The zero-order chi connectivity index (χ0) is 19.7. The number of carbonyl (C=O) groups excluding carboxylic acids is 1. The number of hydrogen-bond donors (Lipinski definition) is 1. The van der Waals surface area contributed by atoms with Crippen molar-refractivity contribution in [2.24, 2.45) is 34.5 Å². The maximum atomic E-state index is 12.0. The zero-order valence-electron chi connectivity index (χ0n) is 17.6. The second-order valence-electron chi connectivity index (χ2n) is 10.7. The van der Waals surface area contributed by atoms with E-state index in [2.05, 4.69) is 13.8 Å². The van der Waals surface area contributed by atoms with Crippen molar-refractivity contribution >= 4 is 5.97 Å². The number of hydrogen-bond acceptors (Lipinski definition) is 5. The molecule has 4 aliphatic carbocycles. The van der Waals surface area contributed by atoms with Crippen LogP contribution in [0.15, 0.2) is 0 Å². The molecule has 0 radical (unpaired) electrons. The monoisotopic (exact) mass is 392 g/mol. The highest BCUT2D eigenvalue weighted by atomic mass is 16.7. The Morgan fingerprint density at radius 3 is 2.43 bits per heavy atom. The Morgan fingerprint density at radius 1 is 1.00 bits per heavy atom. The summed E-state index contributed by atoms with van der Waals surface area (Å²) in [6, 6.07) is 0. The number of ether oxygens (including phenoxy) is 3. The minimum atomic E-state index is -0.427. The van der Waals surface area contributed by atoms with Crippen molar-refractivity contribution in [2.45, 2.75) is 90.1 Å². The summed E-state index contributed by atoms with van der Waals surface area (Å²) in [5.41, 5.74) is 0.245. The molecule has 0 amide bonds. The van der Waals surface area contributed by atoms with Gasteiger partial charge in [-0.15, -0.1) is 0 Å². The van der Waals surface area contributed by atoms with E-state index in [1.165, 1.54) is 0 Å². The summed E-state index contributed by atoms with van der Waals surface area (Å²) in [7, 11) is 0. The highest BCUT2D eigenvalue weighted by Crippen LogP contribution is 2.69. The van der Waals surface area contributed by atoms with E-state index in [9.17, 15) is 9.90 Å². The van der Waals surface area contributed by atoms with E-state index in [1.54, 1.807) is 6.92 Å². The van der Waals surface area contributed by atoms with Crippen LogP contribution in [0.2, 0.25) is 0 Å². The molecule has 0 aromatic carbocycles. The topological polar surface area (TPSA) is 65.0 Å². The Bertz CT molecular complexity index is 643. The molecule has 5 rings (SSSR count). The van der Waals surface area contributed by atoms with E-state index >= 15 is 0 Å². The largest absolute Gasteiger partial charge is 0.462 e. The van der Waals surface area contributed by atoms with Crippen molar-refractivity contribution in [2.75, 3.05) is 13.2 Å². The summed E-state index contributed by atoms with van der Waals surface area (Å²) in [4.78, 5) is 12.0. The number of esters is 1. The van der Waals surface area contributed by atoms with Gasteiger partial charge in [0.2, 0.25) is 0 Å². The Hall–Kier alpha value is -0.650. The molecule has 8 atom stereocenters. The molecule has 1 saturated heterocycles. The molecular formula is C23H36O5. The van der Waals surface area contributed by atoms with Gasteiger partial charge in [-0.3, -0.25) is 4.79 Å². The summed E-state index contributed by atoms with van der Waals surface area (Å²) >= 11 is 0. The highest BCUT2D eigenvalue weighted by molar-refractivity contribution is 5.66. The Balaban J connectivity index is 1.52. The van der Waals surface area contributed by atoms with Crippen molar-refractivity contribution < 1.29 is 24.1 Å². The maximum absolute atomic E-state index is 12.0. The van der Waals surface area contributed by atoms with Gasteiger partial charge in [0.05, 0.1) is 19.3 Å². The first-order chi connectivity index (χ1) is 13.3. The Labute approximate surface area is 168 Å². The molecule has 4 saturated carbocycles. The highest BCUT2D eigenvalue weighted by Gasteiger charge is 2.69. The lowest BCUT2D eigenvalue weighted by Crippen LogP contribution is -2.61. The zero-order valence-corrected chi connectivity index (χ0v) is 17.6. The first-order valence-corrected chi connectivity index (χ1v) is 11.4. The summed E-state index contributed by atoms with van der Waals surface area (Å²) in [6.07, 6.45) is 7.85. The molecule has 5 aliphatic rings. The fourth-order valence-corrected chi connectivity index (χ4v) is 8.40. The van der Waals surface area contributed by atoms with Crippen molar-refractivity contribution in [1.82, 2.24) is 0 Å². The van der Waals surface area contributed by atoms with E-state index in [0.29, 0.717) is 36.9 Å². The summed E-state index contributed by atoms with van der Waals surface area (Å²) in [6.45, 7) is 7.76. The third kappa shape index (κ3) is 2.51. The van der Waals surface area contributed by atoms with Gasteiger partial charge in [-0.1, -0.05) is 13.8 Å². The number of carbonyl (C=O) groups is 1. The number of rotatable bonds is 1. The summed E-state index contributed by atoms with van der Waals surface area (Å²) < 4.78 is 18.5. The van der Waals surface area contributed by atoms with Crippen LogP contribution in [-0.2, 0) is 19.0 Å². The molecule has 1 spiro atoms. The molecule has 0 bridgehead atoms. The average Bonchev–Trinajstić information content (AvgIpc) is 3.23. The maximum Gasteiger partial charge on any atom is 0.302 e. The quantitative estimate of drug-likeness (QED) is 0.690. The number of aliphatic hydroxyl groups is 1. The van der Waals surface area contributed by atoms with Crippen LogP contribution in [0, 0.1) is 34.5 Å². The van der Waals surface area contributed by atoms with Crippen molar-refractivity contribution in [3.63, 3.8) is 0 Å². The summed E-state index contributed by atoms with van der Waals surface area (Å²) in [5.74, 6) is 1.25. The number of fused-ring (bicyclic) bond motifs is 6. The molecular weight excluding hydrogens is 356 g/mol. The molecule has 4 unspecified atom stereocenters. The summed E-state index contributed by atoms with van der Waals surface area (Å²) in [5, 5.41) is 10.3. The number of aliphatic hydroxyl groups excluding tert-OH is 1. The Morgan fingerprint density at radius 2 is 1.71 bits per heavy atom. The molecule has 5 heteroatoms. The van der Waals surface area contributed by atoms with Gasteiger partial charge in [0, 0.05) is 24.7 Å². The lowest BCUT2D eigenvalue weighted by molar-refractivity contribution is -0.258. The van der Waals surface area contributed by atoms with Crippen LogP contribution in [0.3, 0.4) is 0 Å². The van der Waals surface area contributed by atoms with E-state index < -0.39 is 5.79 Å². The van der Waals surface area contributed by atoms with Crippen LogP contribution in [-0.4, -0.2) is 42.3 Å². The van der Waals surface area contributed by atoms with Crippen LogP contribution in [0.25, 0.3) is 0 Å². The van der Waals surface area contributed by atoms with Crippen LogP contribution in [0.1, 0.15) is 72.1 Å². The van der Waals surface area contributed by atoms with Crippen molar-refractivity contribution in [3.05, 3.63) is 0 Å². The van der Waals surface area contributed by atoms with E-state index in [0.717, 1.165) is 51.4 Å². The third-order valence-electron chi connectivity index (χ3n) is 9.75. The van der Waals surface area contributed by atoms with Gasteiger partial charge < -0.3 is 19.3 Å². The molecule has 1 heterocycles. The smallest absolute Gasteiger partial charge is 0.302 e. The first kappa shape index (κ1) is 19.3. The minimum absolute atomic E-state index is 0.000440. The molecule has 158 valence electrons. The molecule has 0 aromatic heterocycles.